The van der Waals surface area contributed by atoms with Gasteiger partial charge >= 0.3 is 0 Å². The van der Waals surface area contributed by atoms with E-state index in [4.69, 9.17) is 4.74 Å². The maximum absolute atomic E-state index is 12.1. The van der Waals surface area contributed by atoms with Gasteiger partial charge in [-0.2, -0.15) is 0 Å². The summed E-state index contributed by atoms with van der Waals surface area (Å²) in [6.07, 6.45) is 1.08. The molecule has 1 aliphatic rings. The number of ether oxygens (including phenoxy) is 1. The lowest BCUT2D eigenvalue weighted by atomic mass is 10.1. The van der Waals surface area contributed by atoms with Gasteiger partial charge in [0.1, 0.15) is 5.75 Å². The molecule has 23 heavy (non-hydrogen) atoms. The molecule has 0 aliphatic carbocycles. The van der Waals surface area contributed by atoms with Crippen LogP contribution in [0.3, 0.4) is 0 Å². The topological polar surface area (TPSA) is 83.5 Å². The molecule has 2 aromatic rings. The monoisotopic (exact) mass is 313 g/mol. The molecule has 3 N–H and O–H groups in total. The first kappa shape index (κ1) is 15.5. The van der Waals surface area contributed by atoms with Crippen LogP contribution < -0.4 is 15.4 Å². The molecule has 3 rings (SSSR count). The standard InChI is InChI=1S/C17H19N3O3/c21-15-11-18-8-13(15)10-20-17(22)12-6-7-16(19-9-12)23-14-4-2-1-3-5-14/h1-7,9,13,15,18,21H,8,10-11H2,(H,20,22). The smallest absolute Gasteiger partial charge is 0.252 e. The van der Waals surface area contributed by atoms with Gasteiger partial charge in [0.15, 0.2) is 0 Å². The quantitative estimate of drug-likeness (QED) is 0.772. The van der Waals surface area contributed by atoms with Gasteiger partial charge < -0.3 is 20.5 Å². The summed E-state index contributed by atoms with van der Waals surface area (Å²) < 4.78 is 5.58. The van der Waals surface area contributed by atoms with E-state index >= 15 is 0 Å². The first-order valence-electron chi connectivity index (χ1n) is 7.58. The average molecular weight is 313 g/mol. The van der Waals surface area contributed by atoms with Gasteiger partial charge in [0, 0.05) is 37.8 Å². The van der Waals surface area contributed by atoms with Crippen molar-refractivity contribution in [2.75, 3.05) is 19.6 Å². The largest absolute Gasteiger partial charge is 0.439 e. The number of nitrogens with one attached hydrogen (secondary N) is 2. The second-order valence-electron chi connectivity index (χ2n) is 5.50. The molecule has 2 atom stereocenters. The summed E-state index contributed by atoms with van der Waals surface area (Å²) in [5.41, 5.74) is 0.464. The van der Waals surface area contributed by atoms with Gasteiger partial charge in [0.05, 0.1) is 11.7 Å². The molecule has 1 aliphatic heterocycles. The lowest BCUT2D eigenvalue weighted by molar-refractivity contribution is 0.0926. The molecule has 1 aromatic heterocycles. The highest BCUT2D eigenvalue weighted by molar-refractivity contribution is 5.93. The van der Waals surface area contributed by atoms with Gasteiger partial charge in [-0.05, 0) is 18.2 Å². The van der Waals surface area contributed by atoms with Crippen LogP contribution in [0.15, 0.2) is 48.7 Å². The van der Waals surface area contributed by atoms with Crippen LogP contribution in [0.2, 0.25) is 0 Å². The number of rotatable bonds is 5. The number of carbonyl (C=O) groups excluding carboxylic acids is 1. The van der Waals surface area contributed by atoms with Crippen molar-refractivity contribution in [1.82, 2.24) is 15.6 Å². The number of aliphatic hydroxyl groups excluding tert-OH is 1. The molecule has 1 fully saturated rings. The van der Waals surface area contributed by atoms with Gasteiger partial charge in [0.25, 0.3) is 5.91 Å². The molecule has 0 spiro atoms. The second-order valence-corrected chi connectivity index (χ2v) is 5.50. The Labute approximate surface area is 134 Å². The number of pyridine rings is 1. The molecule has 2 unspecified atom stereocenters. The van der Waals surface area contributed by atoms with Crippen molar-refractivity contribution in [2.45, 2.75) is 6.10 Å². The zero-order chi connectivity index (χ0) is 16.1. The fourth-order valence-corrected chi connectivity index (χ4v) is 2.44. The Morgan fingerprint density at radius 1 is 1.26 bits per heavy atom. The van der Waals surface area contributed by atoms with Gasteiger partial charge in [0.2, 0.25) is 5.88 Å². The predicted molar refractivity (Wildman–Crippen MR) is 85.5 cm³/mol. The van der Waals surface area contributed by atoms with E-state index in [1.54, 1.807) is 12.1 Å². The number of aliphatic hydroxyl groups is 1. The Bertz CT molecular complexity index is 646. The number of β-amino-alcohol motifs (C(OH)–C–C–N with tert-alkyl or cyclic N) is 1. The van der Waals surface area contributed by atoms with Crippen LogP contribution >= 0.6 is 0 Å². The number of carbonyl (C=O) groups is 1. The summed E-state index contributed by atoms with van der Waals surface area (Å²) in [6.45, 7) is 1.73. The summed E-state index contributed by atoms with van der Waals surface area (Å²) in [6, 6.07) is 12.7. The summed E-state index contributed by atoms with van der Waals surface area (Å²) >= 11 is 0. The number of amides is 1. The van der Waals surface area contributed by atoms with Crippen molar-refractivity contribution in [3.63, 3.8) is 0 Å². The average Bonchev–Trinajstić information content (AvgIpc) is 2.99. The Hall–Kier alpha value is -2.44. The van der Waals surface area contributed by atoms with Gasteiger partial charge in [-0.25, -0.2) is 4.98 Å². The van der Waals surface area contributed by atoms with Gasteiger partial charge in [-0.15, -0.1) is 0 Å². The van der Waals surface area contributed by atoms with Crippen molar-refractivity contribution in [3.05, 3.63) is 54.2 Å². The van der Waals surface area contributed by atoms with Crippen LogP contribution in [-0.2, 0) is 0 Å². The molecule has 6 nitrogen and oxygen atoms in total. The fourth-order valence-electron chi connectivity index (χ4n) is 2.44. The van der Waals surface area contributed by atoms with E-state index in [1.807, 2.05) is 30.3 Å². The third-order valence-corrected chi connectivity index (χ3v) is 3.79. The van der Waals surface area contributed by atoms with E-state index in [0.717, 1.165) is 0 Å². The van der Waals surface area contributed by atoms with E-state index in [0.29, 0.717) is 36.8 Å². The minimum Gasteiger partial charge on any atom is -0.439 e. The molecular weight excluding hydrogens is 294 g/mol. The minimum atomic E-state index is -0.407. The predicted octanol–water partition coefficient (Wildman–Crippen LogP) is 1.18. The zero-order valence-electron chi connectivity index (χ0n) is 12.6. The molecule has 0 radical (unpaired) electrons. The van der Waals surface area contributed by atoms with Crippen LogP contribution in [0.25, 0.3) is 0 Å². The second kappa shape index (κ2) is 7.21. The fraction of sp³-hybridized carbons (Fsp3) is 0.294. The van der Waals surface area contributed by atoms with E-state index in [9.17, 15) is 9.90 Å². The molecule has 120 valence electrons. The molecule has 1 saturated heterocycles. The van der Waals surface area contributed by atoms with Crippen molar-refractivity contribution in [3.8, 4) is 11.6 Å². The first-order chi connectivity index (χ1) is 11.2. The highest BCUT2D eigenvalue weighted by atomic mass is 16.5. The van der Waals surface area contributed by atoms with Crippen LogP contribution in [0.4, 0.5) is 0 Å². The third-order valence-electron chi connectivity index (χ3n) is 3.79. The summed E-state index contributed by atoms with van der Waals surface area (Å²) in [5, 5.41) is 15.6. The maximum Gasteiger partial charge on any atom is 0.252 e. The summed E-state index contributed by atoms with van der Waals surface area (Å²) in [5.74, 6) is 0.971. The first-order valence-corrected chi connectivity index (χ1v) is 7.58. The molecular formula is C17H19N3O3. The van der Waals surface area contributed by atoms with E-state index in [-0.39, 0.29) is 11.8 Å². The van der Waals surface area contributed by atoms with Crippen LogP contribution in [0.5, 0.6) is 11.6 Å². The molecule has 6 heteroatoms. The normalized spacial score (nSPS) is 20.2. The molecule has 0 saturated carbocycles. The number of para-hydroxylation sites is 1. The number of hydrogen-bond donors (Lipinski definition) is 3. The molecule has 2 heterocycles. The lowest BCUT2D eigenvalue weighted by Gasteiger charge is -2.14. The van der Waals surface area contributed by atoms with Gasteiger partial charge in [-0.3, -0.25) is 4.79 Å². The highest BCUT2D eigenvalue weighted by Crippen LogP contribution is 2.18. The highest BCUT2D eigenvalue weighted by Gasteiger charge is 2.25. The van der Waals surface area contributed by atoms with Crippen molar-refractivity contribution in [2.24, 2.45) is 5.92 Å². The zero-order valence-corrected chi connectivity index (χ0v) is 12.6. The Morgan fingerprint density at radius 2 is 2.09 bits per heavy atom. The van der Waals surface area contributed by atoms with Crippen LogP contribution in [0.1, 0.15) is 10.4 Å². The number of benzene rings is 1. The van der Waals surface area contributed by atoms with Crippen LogP contribution in [0, 0.1) is 5.92 Å². The van der Waals surface area contributed by atoms with Crippen molar-refractivity contribution in [1.29, 1.82) is 0 Å². The summed E-state index contributed by atoms with van der Waals surface area (Å²) in [7, 11) is 0. The van der Waals surface area contributed by atoms with E-state index < -0.39 is 6.10 Å². The number of aromatic nitrogens is 1. The Kier molecular flexibility index (Phi) is 4.85. The van der Waals surface area contributed by atoms with E-state index in [1.165, 1.54) is 6.20 Å². The summed E-state index contributed by atoms with van der Waals surface area (Å²) in [4.78, 5) is 16.2. The number of hydrogen-bond acceptors (Lipinski definition) is 5. The Balaban J connectivity index is 1.55. The van der Waals surface area contributed by atoms with E-state index in [2.05, 4.69) is 15.6 Å². The molecule has 1 aromatic carbocycles. The van der Waals surface area contributed by atoms with Crippen molar-refractivity contribution >= 4 is 5.91 Å². The lowest BCUT2D eigenvalue weighted by Crippen LogP contribution is -2.34. The maximum atomic E-state index is 12.1. The van der Waals surface area contributed by atoms with Crippen LogP contribution in [-0.4, -0.2) is 41.7 Å². The molecule has 1 amide bonds. The third kappa shape index (κ3) is 4.06. The Morgan fingerprint density at radius 3 is 2.74 bits per heavy atom. The number of nitrogens with zero attached hydrogens (tertiary/aromatic N) is 1. The van der Waals surface area contributed by atoms with Crippen molar-refractivity contribution < 1.29 is 14.6 Å². The molecule has 0 bridgehead atoms. The minimum absolute atomic E-state index is 0.0487. The van der Waals surface area contributed by atoms with Gasteiger partial charge in [-0.1, -0.05) is 18.2 Å². The SMILES string of the molecule is O=C(NCC1CNCC1O)c1ccc(Oc2ccccc2)nc1.